The molecule has 0 saturated heterocycles. The van der Waals surface area contributed by atoms with Crippen LogP contribution in [0.2, 0.25) is 0 Å². The van der Waals surface area contributed by atoms with E-state index in [1.54, 1.807) is 0 Å². The maximum Gasteiger partial charge on any atom is 0.331 e. The van der Waals surface area contributed by atoms with Crippen LogP contribution in [0.5, 0.6) is 0 Å². The van der Waals surface area contributed by atoms with Crippen LogP contribution in [0.4, 0.5) is 0 Å². The second-order valence-corrected chi connectivity index (χ2v) is 4.20. The van der Waals surface area contributed by atoms with Crippen LogP contribution in [0.1, 0.15) is 0 Å². The molecule has 3 nitrogen and oxygen atoms in total. The first kappa shape index (κ1) is 8.58. The third-order valence-corrected chi connectivity index (χ3v) is 3.04. The van der Waals surface area contributed by atoms with Crippen molar-refractivity contribution in [1.29, 1.82) is 0 Å². The zero-order valence-corrected chi connectivity index (χ0v) is 7.19. The van der Waals surface area contributed by atoms with Crippen molar-refractivity contribution in [2.75, 3.05) is 0 Å². The van der Waals surface area contributed by atoms with Gasteiger partial charge in [-0.05, 0) is 11.4 Å². The number of hydrogen-bond acceptors (Lipinski definition) is 4. The predicted molar refractivity (Wildman–Crippen MR) is 45.8 cm³/mol. The van der Waals surface area contributed by atoms with E-state index in [4.69, 9.17) is 10.8 Å². The second-order valence-electron chi connectivity index (χ2n) is 1.81. The van der Waals surface area contributed by atoms with E-state index >= 15 is 0 Å². The lowest BCUT2D eigenvalue weighted by Crippen LogP contribution is -2.25. The van der Waals surface area contributed by atoms with Crippen LogP contribution >= 0.6 is 23.1 Å². The van der Waals surface area contributed by atoms with Gasteiger partial charge in [0.15, 0.2) is 5.37 Å². The molecule has 11 heavy (non-hydrogen) atoms. The SMILES string of the molecule is NC(Sc1cccs1)C(=O)O. The van der Waals surface area contributed by atoms with Crippen molar-refractivity contribution in [2.24, 2.45) is 5.73 Å². The van der Waals surface area contributed by atoms with Gasteiger partial charge in [-0.15, -0.1) is 11.3 Å². The molecule has 0 aromatic carbocycles. The van der Waals surface area contributed by atoms with Crippen molar-refractivity contribution in [3.05, 3.63) is 17.5 Å². The van der Waals surface area contributed by atoms with Gasteiger partial charge in [0.2, 0.25) is 0 Å². The van der Waals surface area contributed by atoms with E-state index in [0.29, 0.717) is 0 Å². The topological polar surface area (TPSA) is 63.3 Å². The number of carboxylic acid groups (broad SMARTS) is 1. The van der Waals surface area contributed by atoms with E-state index in [1.165, 1.54) is 11.3 Å². The van der Waals surface area contributed by atoms with Gasteiger partial charge in [-0.3, -0.25) is 0 Å². The summed E-state index contributed by atoms with van der Waals surface area (Å²) < 4.78 is 0.930. The summed E-state index contributed by atoms with van der Waals surface area (Å²) in [4.78, 5) is 10.3. The molecular formula is C6H7NO2S2. The molecule has 1 rings (SSSR count). The second kappa shape index (κ2) is 3.75. The predicted octanol–water partition coefficient (Wildman–Crippen LogP) is 1.21. The number of aliphatic carboxylic acids is 1. The Bertz CT molecular complexity index is 235. The highest BCUT2D eigenvalue weighted by Gasteiger charge is 2.12. The highest BCUT2D eigenvalue weighted by molar-refractivity contribution is 8.02. The van der Waals surface area contributed by atoms with Crippen molar-refractivity contribution >= 4 is 29.1 Å². The fourth-order valence-corrected chi connectivity index (χ4v) is 2.16. The van der Waals surface area contributed by atoms with Gasteiger partial charge in [0.1, 0.15) is 0 Å². The minimum absolute atomic E-state index is 0.853. The fraction of sp³-hybridized carbons (Fsp3) is 0.167. The number of thioether (sulfide) groups is 1. The van der Waals surface area contributed by atoms with Crippen LogP contribution in [0.15, 0.2) is 21.7 Å². The van der Waals surface area contributed by atoms with E-state index in [1.807, 2.05) is 17.5 Å². The van der Waals surface area contributed by atoms with Gasteiger partial charge >= 0.3 is 5.97 Å². The molecule has 0 aliphatic heterocycles. The summed E-state index contributed by atoms with van der Waals surface area (Å²) in [7, 11) is 0. The van der Waals surface area contributed by atoms with Crippen molar-refractivity contribution in [3.63, 3.8) is 0 Å². The number of hydrogen-bond donors (Lipinski definition) is 2. The van der Waals surface area contributed by atoms with E-state index in [-0.39, 0.29) is 0 Å². The first-order valence-corrected chi connectivity index (χ1v) is 4.64. The molecule has 0 aliphatic rings. The van der Waals surface area contributed by atoms with Crippen molar-refractivity contribution in [2.45, 2.75) is 9.58 Å². The normalized spacial score (nSPS) is 12.8. The molecule has 0 spiro atoms. The lowest BCUT2D eigenvalue weighted by molar-refractivity contribution is -0.136. The summed E-state index contributed by atoms with van der Waals surface area (Å²) in [5.41, 5.74) is 5.28. The van der Waals surface area contributed by atoms with Gasteiger partial charge in [-0.1, -0.05) is 17.8 Å². The molecular weight excluding hydrogens is 182 g/mol. The molecule has 60 valence electrons. The number of carboxylic acids is 1. The van der Waals surface area contributed by atoms with Crippen LogP contribution in [0, 0.1) is 0 Å². The molecule has 0 aliphatic carbocycles. The summed E-state index contributed by atoms with van der Waals surface area (Å²) in [6, 6.07) is 3.71. The van der Waals surface area contributed by atoms with Gasteiger partial charge in [0.25, 0.3) is 0 Å². The highest BCUT2D eigenvalue weighted by atomic mass is 32.2. The Labute approximate surface area is 72.2 Å². The number of nitrogens with two attached hydrogens (primary N) is 1. The lowest BCUT2D eigenvalue weighted by Gasteiger charge is -2.01. The van der Waals surface area contributed by atoms with E-state index in [9.17, 15) is 4.79 Å². The first-order valence-electron chi connectivity index (χ1n) is 2.88. The molecule has 1 unspecified atom stereocenters. The molecule has 0 fully saturated rings. The van der Waals surface area contributed by atoms with Gasteiger partial charge in [0.05, 0.1) is 4.21 Å². The molecule has 1 heterocycles. The Hall–Kier alpha value is -0.520. The fourth-order valence-electron chi connectivity index (χ4n) is 0.506. The van der Waals surface area contributed by atoms with E-state index in [2.05, 4.69) is 0 Å². The zero-order chi connectivity index (χ0) is 8.27. The van der Waals surface area contributed by atoms with Crippen LogP contribution in [-0.2, 0) is 4.79 Å². The average Bonchev–Trinajstić information content (AvgIpc) is 2.39. The zero-order valence-electron chi connectivity index (χ0n) is 5.56. The van der Waals surface area contributed by atoms with Crippen LogP contribution in [0.25, 0.3) is 0 Å². The smallest absolute Gasteiger partial charge is 0.331 e. The van der Waals surface area contributed by atoms with Crippen molar-refractivity contribution in [3.8, 4) is 0 Å². The monoisotopic (exact) mass is 189 g/mol. The Morgan fingerprint density at radius 3 is 3.00 bits per heavy atom. The molecule has 5 heteroatoms. The minimum Gasteiger partial charge on any atom is -0.479 e. The van der Waals surface area contributed by atoms with Gasteiger partial charge < -0.3 is 10.8 Å². The quantitative estimate of drug-likeness (QED) is 0.554. The van der Waals surface area contributed by atoms with Crippen molar-refractivity contribution in [1.82, 2.24) is 0 Å². The van der Waals surface area contributed by atoms with E-state index in [0.717, 1.165) is 16.0 Å². The van der Waals surface area contributed by atoms with Gasteiger partial charge in [-0.2, -0.15) is 0 Å². The third kappa shape index (κ3) is 2.53. The van der Waals surface area contributed by atoms with Crippen LogP contribution < -0.4 is 5.73 Å². The Morgan fingerprint density at radius 2 is 2.55 bits per heavy atom. The summed E-state index contributed by atoms with van der Waals surface area (Å²) >= 11 is 2.64. The molecule has 1 aromatic heterocycles. The van der Waals surface area contributed by atoms with Crippen molar-refractivity contribution < 1.29 is 9.90 Å². The molecule has 0 radical (unpaired) electrons. The average molecular weight is 189 g/mol. The summed E-state index contributed by atoms with van der Waals surface area (Å²) in [6.45, 7) is 0. The number of rotatable bonds is 3. The third-order valence-electron chi connectivity index (χ3n) is 0.982. The molecule has 0 bridgehead atoms. The Balaban J connectivity index is 2.50. The molecule has 3 N–H and O–H groups in total. The Kier molecular flexibility index (Phi) is 2.92. The number of thiophene rings is 1. The highest BCUT2D eigenvalue weighted by Crippen LogP contribution is 2.25. The van der Waals surface area contributed by atoms with E-state index < -0.39 is 11.3 Å². The lowest BCUT2D eigenvalue weighted by atomic mass is 10.7. The van der Waals surface area contributed by atoms with Crippen LogP contribution in [0.3, 0.4) is 0 Å². The van der Waals surface area contributed by atoms with Gasteiger partial charge in [-0.25, -0.2) is 4.79 Å². The largest absolute Gasteiger partial charge is 0.479 e. The maximum absolute atomic E-state index is 10.3. The molecule has 1 atom stereocenters. The first-order chi connectivity index (χ1) is 5.20. The standard InChI is InChI=1S/C6H7NO2S2/c7-5(6(8)9)11-4-2-1-3-10-4/h1-3,5H,7H2,(H,8,9). The summed E-state index contributed by atoms with van der Waals surface area (Å²) in [5, 5.41) is 9.47. The molecule has 1 aromatic rings. The summed E-state index contributed by atoms with van der Waals surface area (Å²) in [5.74, 6) is -0.983. The maximum atomic E-state index is 10.3. The minimum atomic E-state index is -0.983. The summed E-state index contributed by atoms with van der Waals surface area (Å²) in [6.07, 6.45) is 0. The molecule has 0 saturated carbocycles. The Morgan fingerprint density at radius 1 is 1.82 bits per heavy atom. The van der Waals surface area contributed by atoms with Crippen LogP contribution in [-0.4, -0.2) is 16.4 Å². The number of carbonyl (C=O) groups is 1. The van der Waals surface area contributed by atoms with Gasteiger partial charge in [0, 0.05) is 0 Å². The molecule has 0 amide bonds.